The van der Waals surface area contributed by atoms with Crippen molar-refractivity contribution < 1.29 is 14.3 Å². The Morgan fingerprint density at radius 1 is 0.761 bits per heavy atom. The number of aromatic amines is 1. The molecule has 0 saturated carbocycles. The number of fused-ring (bicyclic) bond motifs is 1. The predicted octanol–water partition coefficient (Wildman–Crippen LogP) is 4.23. The molecule has 0 atom stereocenters. The molecule has 3 aromatic heterocycles. The molecular weight excluding hydrogens is 586 g/mol. The van der Waals surface area contributed by atoms with E-state index in [2.05, 4.69) is 4.98 Å². The van der Waals surface area contributed by atoms with Crippen LogP contribution >= 0.6 is 0 Å². The molecule has 11 heteroatoms. The van der Waals surface area contributed by atoms with Crippen LogP contribution in [0.5, 0.6) is 0 Å². The van der Waals surface area contributed by atoms with Gasteiger partial charge in [0.15, 0.2) is 6.61 Å². The van der Waals surface area contributed by atoms with Crippen LogP contribution in [0.3, 0.4) is 0 Å². The molecule has 0 radical (unpaired) electrons. The number of para-hydroxylation sites is 1. The van der Waals surface area contributed by atoms with Crippen molar-refractivity contribution in [3.05, 3.63) is 144 Å². The maximum atomic E-state index is 13.6. The fraction of sp³-hybridized carbons (Fsp3) is 0.171. The number of aryl methyl sites for hydroxylation is 2. The predicted molar refractivity (Wildman–Crippen MR) is 174 cm³/mol. The quantitative estimate of drug-likeness (QED) is 0.211. The van der Waals surface area contributed by atoms with Gasteiger partial charge in [-0.25, -0.2) is 18.8 Å². The van der Waals surface area contributed by atoms with E-state index in [-0.39, 0.29) is 22.0 Å². The average Bonchev–Trinajstić information content (AvgIpc) is 3.44. The van der Waals surface area contributed by atoms with Crippen LogP contribution in [0.1, 0.15) is 43.4 Å². The van der Waals surface area contributed by atoms with E-state index in [1.807, 2.05) is 50.2 Å². The van der Waals surface area contributed by atoms with E-state index >= 15 is 0 Å². The summed E-state index contributed by atoms with van der Waals surface area (Å²) in [6.07, 6.45) is 0. The van der Waals surface area contributed by atoms with Crippen molar-refractivity contribution >= 4 is 22.7 Å². The summed E-state index contributed by atoms with van der Waals surface area (Å²) in [7, 11) is 1.80. The number of nitrogens with zero attached hydrogens (tertiary/aromatic N) is 4. The molecule has 0 amide bonds. The van der Waals surface area contributed by atoms with Crippen LogP contribution in [0.4, 0.5) is 0 Å². The third kappa shape index (κ3) is 5.01. The lowest BCUT2D eigenvalue weighted by Crippen LogP contribution is -2.33. The van der Waals surface area contributed by atoms with Crippen LogP contribution in [0.25, 0.3) is 28.0 Å². The first-order chi connectivity index (χ1) is 22.0. The van der Waals surface area contributed by atoms with Gasteiger partial charge in [-0.1, -0.05) is 30.3 Å². The van der Waals surface area contributed by atoms with E-state index in [1.54, 1.807) is 59.1 Å². The molecule has 0 bridgehead atoms. The third-order valence-corrected chi connectivity index (χ3v) is 8.21. The van der Waals surface area contributed by atoms with Gasteiger partial charge >= 0.3 is 11.7 Å². The first kappa shape index (κ1) is 30.1. The molecule has 0 spiro atoms. The van der Waals surface area contributed by atoms with Crippen molar-refractivity contribution in [1.82, 2.24) is 23.5 Å². The van der Waals surface area contributed by atoms with Crippen molar-refractivity contribution in [2.45, 2.75) is 27.7 Å². The number of nitrogens with one attached hydrogen (secondary N) is 1. The highest BCUT2D eigenvalue weighted by atomic mass is 16.5. The summed E-state index contributed by atoms with van der Waals surface area (Å²) in [6.45, 7) is 6.70. The van der Waals surface area contributed by atoms with Gasteiger partial charge in [0.1, 0.15) is 5.69 Å². The number of rotatable bonds is 7. The monoisotopic (exact) mass is 617 g/mol. The zero-order valence-corrected chi connectivity index (χ0v) is 26.0. The van der Waals surface area contributed by atoms with E-state index in [1.165, 1.54) is 18.2 Å². The number of Topliss-reactive ketones (excluding diaryl/α,β-unsaturated/α-hetero) is 1. The number of carbonyl (C=O) groups is 2. The van der Waals surface area contributed by atoms with Crippen LogP contribution in [0.2, 0.25) is 0 Å². The lowest BCUT2D eigenvalue weighted by molar-refractivity contribution is 0.0474. The summed E-state index contributed by atoms with van der Waals surface area (Å²) in [4.78, 5) is 68.6. The van der Waals surface area contributed by atoms with E-state index in [0.717, 1.165) is 10.1 Å². The number of hydrogen-bond acceptors (Lipinski definition) is 6. The minimum atomic E-state index is -0.794. The van der Waals surface area contributed by atoms with Crippen LogP contribution in [-0.2, 0) is 11.8 Å². The second kappa shape index (κ2) is 11.5. The molecule has 46 heavy (non-hydrogen) atoms. The summed E-state index contributed by atoms with van der Waals surface area (Å²) >= 11 is 0. The van der Waals surface area contributed by atoms with Gasteiger partial charge < -0.3 is 14.3 Å². The van der Waals surface area contributed by atoms with Crippen LogP contribution in [-0.4, -0.2) is 41.8 Å². The summed E-state index contributed by atoms with van der Waals surface area (Å²) in [5.41, 5.74) is 3.51. The van der Waals surface area contributed by atoms with Gasteiger partial charge in [0.25, 0.3) is 11.1 Å². The normalized spacial score (nSPS) is 11.2. The Kier molecular flexibility index (Phi) is 7.52. The van der Waals surface area contributed by atoms with Crippen LogP contribution < -0.4 is 16.8 Å². The topological polar surface area (TPSA) is 130 Å². The van der Waals surface area contributed by atoms with Gasteiger partial charge in [-0.15, -0.1) is 0 Å². The number of carbonyl (C=O) groups excluding carboxylic acids is 2. The number of H-pyrrole nitrogens is 1. The number of esters is 1. The molecule has 6 rings (SSSR count). The Morgan fingerprint density at radius 3 is 2.20 bits per heavy atom. The number of ether oxygens (including phenoxy) is 1. The van der Waals surface area contributed by atoms with Crippen molar-refractivity contribution in [3.8, 4) is 17.1 Å². The Hall–Kier alpha value is -5.97. The minimum Gasteiger partial charge on any atom is -0.454 e. The molecule has 0 aliphatic carbocycles. The van der Waals surface area contributed by atoms with Gasteiger partial charge in [-0.05, 0) is 81.8 Å². The summed E-state index contributed by atoms with van der Waals surface area (Å²) in [5.74, 6) is -1.24. The SMILES string of the molecule is Cc1cccc(-n2c(=O)[nH]c3cc(C(=O)OCC(=O)c4cc(C)n(-c5c(C)n(C)n(-c6ccccc6)c5=O)c4C)ccc3c2=O)c1. The molecular formula is C35H31N5O6. The molecule has 0 fully saturated rings. The lowest BCUT2D eigenvalue weighted by Gasteiger charge is -2.09. The van der Waals surface area contributed by atoms with Crippen LogP contribution in [0, 0.1) is 27.7 Å². The molecule has 0 aliphatic heterocycles. The van der Waals surface area contributed by atoms with Crippen molar-refractivity contribution in [2.75, 3.05) is 6.61 Å². The van der Waals surface area contributed by atoms with Gasteiger partial charge in [0.2, 0.25) is 5.78 Å². The zero-order valence-electron chi connectivity index (χ0n) is 26.0. The average molecular weight is 618 g/mol. The second-order valence-electron chi connectivity index (χ2n) is 11.2. The Bertz CT molecular complexity index is 2370. The molecule has 0 saturated heterocycles. The maximum absolute atomic E-state index is 13.6. The van der Waals surface area contributed by atoms with Crippen molar-refractivity contribution in [1.29, 1.82) is 0 Å². The van der Waals surface area contributed by atoms with Gasteiger partial charge in [-0.2, -0.15) is 0 Å². The Labute approximate surface area is 262 Å². The summed E-state index contributed by atoms with van der Waals surface area (Å²) in [5, 5.41) is 0.212. The standard InChI is InChI=1S/C35H31N5O6/c1-20-10-9-13-26(16-20)39-32(42)27-15-14-24(18-29(27)36-35(39)45)34(44)46-19-30(41)28-17-21(2)38(22(28)3)31-23(4)37(5)40(33(31)43)25-11-7-6-8-12-25/h6-18H,19H2,1-5H3,(H,36,45). The van der Waals surface area contributed by atoms with E-state index in [4.69, 9.17) is 4.74 Å². The molecule has 11 nitrogen and oxygen atoms in total. The molecule has 1 N–H and O–H groups in total. The summed E-state index contributed by atoms with van der Waals surface area (Å²) in [6, 6.07) is 22.2. The fourth-order valence-electron chi connectivity index (χ4n) is 5.84. The largest absolute Gasteiger partial charge is 0.454 e. The van der Waals surface area contributed by atoms with Crippen LogP contribution in [0.15, 0.2) is 93.2 Å². The number of ketones is 1. The molecule has 0 unspecified atom stereocenters. The fourth-order valence-corrected chi connectivity index (χ4v) is 5.84. The van der Waals surface area contributed by atoms with Crippen molar-refractivity contribution in [3.63, 3.8) is 0 Å². The number of hydrogen-bond donors (Lipinski definition) is 1. The maximum Gasteiger partial charge on any atom is 0.338 e. The highest BCUT2D eigenvalue weighted by Crippen LogP contribution is 2.23. The lowest BCUT2D eigenvalue weighted by atomic mass is 10.1. The van der Waals surface area contributed by atoms with Crippen molar-refractivity contribution in [2.24, 2.45) is 7.05 Å². The molecule has 6 aromatic rings. The second-order valence-corrected chi connectivity index (χ2v) is 11.2. The first-order valence-corrected chi connectivity index (χ1v) is 14.6. The summed E-state index contributed by atoms with van der Waals surface area (Å²) < 4.78 is 11.5. The molecule has 232 valence electrons. The van der Waals surface area contributed by atoms with E-state index < -0.39 is 29.6 Å². The molecule has 3 heterocycles. The smallest absolute Gasteiger partial charge is 0.338 e. The molecule has 0 aliphatic rings. The van der Waals surface area contributed by atoms with E-state index in [0.29, 0.717) is 39.7 Å². The minimum absolute atomic E-state index is 0.0653. The number of aromatic nitrogens is 5. The highest BCUT2D eigenvalue weighted by molar-refractivity contribution is 6.01. The van der Waals surface area contributed by atoms with Gasteiger partial charge in [0, 0.05) is 24.0 Å². The number of benzene rings is 3. The first-order valence-electron chi connectivity index (χ1n) is 14.6. The zero-order chi connectivity index (χ0) is 32.9. The Balaban J connectivity index is 1.25. The van der Waals surface area contributed by atoms with E-state index in [9.17, 15) is 24.0 Å². The van der Waals surface area contributed by atoms with Gasteiger partial charge in [0.05, 0.1) is 33.5 Å². The third-order valence-electron chi connectivity index (χ3n) is 8.21. The highest BCUT2D eigenvalue weighted by Gasteiger charge is 2.24. The van der Waals surface area contributed by atoms with Gasteiger partial charge in [-0.3, -0.25) is 19.1 Å². The Morgan fingerprint density at radius 2 is 1.48 bits per heavy atom. The molecule has 3 aromatic carbocycles.